The van der Waals surface area contributed by atoms with Gasteiger partial charge >= 0.3 is 0 Å². The highest BCUT2D eigenvalue weighted by atomic mass is 32.1. The van der Waals surface area contributed by atoms with Crippen molar-refractivity contribution >= 4 is 21.6 Å². The average Bonchev–Trinajstić information content (AvgIpc) is 3.18. The Morgan fingerprint density at radius 3 is 3.23 bits per heavy atom. The van der Waals surface area contributed by atoms with Crippen molar-refractivity contribution in [2.75, 3.05) is 6.54 Å². The van der Waals surface area contributed by atoms with E-state index in [1.165, 1.54) is 4.70 Å². The number of nitrogens with zero attached hydrogens (tertiary/aromatic N) is 4. The molecular formula is C15H16N4O2S. The SMILES string of the molecule is Cc1noc([C@H]2C[C@@H](O)CN2Cc2cnc3ccsc3c2)n1. The molecule has 0 aromatic carbocycles. The third kappa shape index (κ3) is 2.51. The molecule has 7 heteroatoms. The number of β-amino-alcohol motifs (C(OH)–C–C–N with tert-alkyl or cyclic N) is 1. The standard InChI is InChI=1S/C15H16N4O2S/c1-9-17-15(21-18-9)13-5-11(20)8-19(13)7-10-4-14-12(16-6-10)2-3-22-14/h2-4,6,11,13,20H,5,7-8H2,1H3/t11-,13-/m1/s1. The summed E-state index contributed by atoms with van der Waals surface area (Å²) < 4.78 is 6.48. The maximum absolute atomic E-state index is 10.0. The number of thiophene rings is 1. The Morgan fingerprint density at radius 2 is 2.41 bits per heavy atom. The summed E-state index contributed by atoms with van der Waals surface area (Å²) in [6, 6.07) is 4.15. The number of likely N-dealkylation sites (tertiary alicyclic amines) is 1. The zero-order valence-electron chi connectivity index (χ0n) is 12.1. The molecule has 2 atom stereocenters. The fraction of sp³-hybridized carbons (Fsp3) is 0.400. The zero-order chi connectivity index (χ0) is 15.1. The zero-order valence-corrected chi connectivity index (χ0v) is 13.0. The van der Waals surface area contributed by atoms with Crippen LogP contribution in [-0.4, -0.2) is 37.8 Å². The van der Waals surface area contributed by atoms with Gasteiger partial charge in [0.15, 0.2) is 5.82 Å². The van der Waals surface area contributed by atoms with Gasteiger partial charge in [-0.15, -0.1) is 11.3 Å². The Bertz CT molecular complexity index is 800. The molecule has 1 aliphatic heterocycles. The van der Waals surface area contributed by atoms with Gasteiger partial charge in [0.25, 0.3) is 0 Å². The minimum absolute atomic E-state index is 0.0322. The van der Waals surface area contributed by atoms with Gasteiger partial charge in [-0.25, -0.2) is 0 Å². The molecule has 0 saturated carbocycles. The van der Waals surface area contributed by atoms with E-state index in [0.717, 1.165) is 11.1 Å². The van der Waals surface area contributed by atoms with Gasteiger partial charge < -0.3 is 9.63 Å². The van der Waals surface area contributed by atoms with Gasteiger partial charge in [-0.2, -0.15) is 4.98 Å². The van der Waals surface area contributed by atoms with Crippen LogP contribution in [0.3, 0.4) is 0 Å². The van der Waals surface area contributed by atoms with Crippen LogP contribution in [0.5, 0.6) is 0 Å². The molecule has 4 rings (SSSR count). The molecule has 1 aliphatic rings. The molecule has 0 bridgehead atoms. The summed E-state index contributed by atoms with van der Waals surface area (Å²) in [6.07, 6.45) is 2.15. The second-order valence-corrected chi connectivity index (χ2v) is 6.61. The molecule has 0 unspecified atom stereocenters. The molecule has 114 valence electrons. The van der Waals surface area contributed by atoms with Gasteiger partial charge in [0.2, 0.25) is 5.89 Å². The lowest BCUT2D eigenvalue weighted by Crippen LogP contribution is -2.24. The van der Waals surface area contributed by atoms with Crippen LogP contribution in [0.25, 0.3) is 10.2 Å². The maximum Gasteiger partial charge on any atom is 0.244 e. The predicted octanol–water partition coefficient (Wildman–Crippen LogP) is 2.30. The van der Waals surface area contributed by atoms with Gasteiger partial charge in [0.05, 0.1) is 22.4 Å². The second kappa shape index (κ2) is 5.42. The molecule has 3 aromatic rings. The number of hydrogen-bond donors (Lipinski definition) is 1. The lowest BCUT2D eigenvalue weighted by molar-refractivity contribution is 0.169. The van der Waals surface area contributed by atoms with Crippen molar-refractivity contribution in [1.82, 2.24) is 20.0 Å². The number of aliphatic hydroxyl groups excluding tert-OH is 1. The largest absolute Gasteiger partial charge is 0.392 e. The Kier molecular flexibility index (Phi) is 3.40. The number of hydrogen-bond acceptors (Lipinski definition) is 7. The number of pyridine rings is 1. The van der Waals surface area contributed by atoms with E-state index >= 15 is 0 Å². The van der Waals surface area contributed by atoms with Crippen LogP contribution >= 0.6 is 11.3 Å². The van der Waals surface area contributed by atoms with E-state index in [1.807, 2.05) is 17.6 Å². The van der Waals surface area contributed by atoms with Gasteiger partial charge in [0.1, 0.15) is 0 Å². The van der Waals surface area contributed by atoms with E-state index in [-0.39, 0.29) is 12.1 Å². The first-order valence-corrected chi connectivity index (χ1v) is 8.11. The molecule has 3 aromatic heterocycles. The van der Waals surface area contributed by atoms with E-state index in [2.05, 4.69) is 26.1 Å². The predicted molar refractivity (Wildman–Crippen MR) is 82.4 cm³/mol. The summed E-state index contributed by atoms with van der Waals surface area (Å²) in [5.74, 6) is 1.21. The highest BCUT2D eigenvalue weighted by molar-refractivity contribution is 7.17. The van der Waals surface area contributed by atoms with Gasteiger partial charge in [-0.1, -0.05) is 5.16 Å². The molecule has 6 nitrogen and oxygen atoms in total. The Balaban J connectivity index is 1.59. The van der Waals surface area contributed by atoms with Crippen molar-refractivity contribution in [3.05, 3.63) is 41.0 Å². The van der Waals surface area contributed by atoms with Crippen LogP contribution in [0, 0.1) is 6.92 Å². The topological polar surface area (TPSA) is 75.3 Å². The quantitative estimate of drug-likeness (QED) is 0.799. The van der Waals surface area contributed by atoms with E-state index < -0.39 is 0 Å². The maximum atomic E-state index is 10.0. The highest BCUT2D eigenvalue weighted by Gasteiger charge is 2.35. The molecule has 4 heterocycles. The third-order valence-electron chi connectivity index (χ3n) is 3.95. The van der Waals surface area contributed by atoms with Crippen LogP contribution in [-0.2, 0) is 6.54 Å². The first-order chi connectivity index (χ1) is 10.7. The summed E-state index contributed by atoms with van der Waals surface area (Å²) in [5.41, 5.74) is 2.16. The summed E-state index contributed by atoms with van der Waals surface area (Å²) >= 11 is 1.69. The summed E-state index contributed by atoms with van der Waals surface area (Å²) in [4.78, 5) is 11.0. The van der Waals surface area contributed by atoms with Crippen LogP contribution in [0.4, 0.5) is 0 Å². The molecule has 1 fully saturated rings. The number of rotatable bonds is 3. The van der Waals surface area contributed by atoms with E-state index in [4.69, 9.17) is 4.52 Å². The van der Waals surface area contributed by atoms with Crippen LogP contribution in [0.15, 0.2) is 28.2 Å². The van der Waals surface area contributed by atoms with E-state index in [1.54, 1.807) is 18.3 Å². The minimum Gasteiger partial charge on any atom is -0.392 e. The Morgan fingerprint density at radius 1 is 1.50 bits per heavy atom. The van der Waals surface area contributed by atoms with Crippen molar-refractivity contribution in [3.63, 3.8) is 0 Å². The molecule has 22 heavy (non-hydrogen) atoms. The fourth-order valence-electron chi connectivity index (χ4n) is 2.97. The summed E-state index contributed by atoms with van der Waals surface area (Å²) in [7, 11) is 0. The summed E-state index contributed by atoms with van der Waals surface area (Å²) in [6.45, 7) is 3.12. The van der Waals surface area contributed by atoms with Crippen LogP contribution < -0.4 is 0 Å². The van der Waals surface area contributed by atoms with Crippen molar-refractivity contribution in [2.24, 2.45) is 0 Å². The second-order valence-electron chi connectivity index (χ2n) is 5.66. The van der Waals surface area contributed by atoms with E-state index in [0.29, 0.717) is 31.2 Å². The molecule has 0 aliphatic carbocycles. The van der Waals surface area contributed by atoms with E-state index in [9.17, 15) is 5.11 Å². The lowest BCUT2D eigenvalue weighted by Gasteiger charge is -2.20. The molecule has 0 amide bonds. The minimum atomic E-state index is -0.365. The smallest absolute Gasteiger partial charge is 0.244 e. The summed E-state index contributed by atoms with van der Waals surface area (Å²) in [5, 5.41) is 15.9. The van der Waals surface area contributed by atoms with Crippen LogP contribution in [0.1, 0.15) is 29.7 Å². The first-order valence-electron chi connectivity index (χ1n) is 7.23. The molecule has 0 spiro atoms. The number of aromatic nitrogens is 3. The average molecular weight is 316 g/mol. The van der Waals surface area contributed by atoms with Gasteiger partial charge in [0, 0.05) is 19.3 Å². The van der Waals surface area contributed by atoms with Crippen molar-refractivity contribution < 1.29 is 9.63 Å². The lowest BCUT2D eigenvalue weighted by atomic mass is 10.2. The van der Waals surface area contributed by atoms with Crippen molar-refractivity contribution in [1.29, 1.82) is 0 Å². The van der Waals surface area contributed by atoms with Crippen molar-refractivity contribution in [2.45, 2.75) is 32.0 Å². The number of aryl methyl sites for hydroxylation is 1. The van der Waals surface area contributed by atoms with Crippen LogP contribution in [0.2, 0.25) is 0 Å². The van der Waals surface area contributed by atoms with Gasteiger partial charge in [-0.05, 0) is 36.4 Å². The number of fused-ring (bicyclic) bond motifs is 1. The Labute approximate surface area is 131 Å². The molecule has 0 radical (unpaired) electrons. The Hall–Kier alpha value is -1.83. The molecule has 1 saturated heterocycles. The monoisotopic (exact) mass is 316 g/mol. The molecular weight excluding hydrogens is 300 g/mol. The molecule has 1 N–H and O–H groups in total. The van der Waals surface area contributed by atoms with Crippen molar-refractivity contribution in [3.8, 4) is 0 Å². The van der Waals surface area contributed by atoms with Gasteiger partial charge in [-0.3, -0.25) is 9.88 Å². The third-order valence-corrected chi connectivity index (χ3v) is 4.81. The number of aliphatic hydroxyl groups is 1. The first kappa shape index (κ1) is 13.8. The fourth-order valence-corrected chi connectivity index (χ4v) is 3.77. The normalized spacial score (nSPS) is 22.6. The highest BCUT2D eigenvalue weighted by Crippen LogP contribution is 2.33.